The predicted octanol–water partition coefficient (Wildman–Crippen LogP) is 1.97. The number of halogens is 1. The number of nitrogens with one attached hydrogen (secondary N) is 2. The molecule has 0 bridgehead atoms. The lowest BCUT2D eigenvalue weighted by atomic mass is 9.93. The summed E-state index contributed by atoms with van der Waals surface area (Å²) in [6.45, 7) is 0. The summed E-state index contributed by atoms with van der Waals surface area (Å²) in [5, 5.41) is 5.94. The second-order valence-corrected chi connectivity index (χ2v) is 4.57. The van der Waals surface area contributed by atoms with Gasteiger partial charge in [-0.05, 0) is 17.7 Å². The molecule has 1 aromatic rings. The van der Waals surface area contributed by atoms with E-state index in [0.717, 1.165) is 10.2 Å². The molecule has 2 aliphatic rings. The van der Waals surface area contributed by atoms with Crippen LogP contribution in [0.25, 0.3) is 0 Å². The third-order valence-corrected chi connectivity index (χ3v) is 3.56. The van der Waals surface area contributed by atoms with Crippen LogP contribution in [-0.2, 0) is 4.79 Å². The van der Waals surface area contributed by atoms with Crippen LogP contribution in [0.5, 0.6) is 0 Å². The fourth-order valence-corrected chi connectivity index (χ4v) is 2.82. The van der Waals surface area contributed by atoms with Crippen LogP contribution in [0.4, 0.5) is 5.69 Å². The van der Waals surface area contributed by atoms with E-state index in [0.29, 0.717) is 0 Å². The van der Waals surface area contributed by atoms with Crippen molar-refractivity contribution in [3.05, 3.63) is 40.5 Å². The molecule has 2 heterocycles. The molecule has 1 amide bonds. The minimum Gasteiger partial charge on any atom is -0.373 e. The summed E-state index contributed by atoms with van der Waals surface area (Å²) in [6, 6.07) is 5.81. The van der Waals surface area contributed by atoms with E-state index in [1.54, 1.807) is 6.20 Å². The van der Waals surface area contributed by atoms with Crippen LogP contribution in [0, 0.1) is 0 Å². The molecule has 0 radical (unpaired) electrons. The first-order chi connectivity index (χ1) is 7.27. The minimum atomic E-state index is -0.163. The van der Waals surface area contributed by atoms with Gasteiger partial charge in [0.05, 0.1) is 0 Å². The number of carbonyl (C=O) groups excluding carboxylic acids is 1. The van der Waals surface area contributed by atoms with Gasteiger partial charge in [-0.15, -0.1) is 0 Å². The Labute approximate surface area is 95.7 Å². The van der Waals surface area contributed by atoms with Crippen molar-refractivity contribution in [2.45, 2.75) is 12.0 Å². The zero-order valence-electron chi connectivity index (χ0n) is 7.83. The highest BCUT2D eigenvalue weighted by molar-refractivity contribution is 9.10. The van der Waals surface area contributed by atoms with Gasteiger partial charge < -0.3 is 10.6 Å². The Kier molecular flexibility index (Phi) is 1.85. The molecule has 76 valence electrons. The maximum atomic E-state index is 11.6. The third kappa shape index (κ3) is 1.21. The molecule has 0 saturated heterocycles. The Balaban J connectivity index is 2.16. The molecule has 4 heteroatoms. The highest BCUT2D eigenvalue weighted by Crippen LogP contribution is 2.42. The molecule has 15 heavy (non-hydrogen) atoms. The number of fused-ring (bicyclic) bond motifs is 3. The average Bonchev–Trinajstić information content (AvgIpc) is 2.59. The van der Waals surface area contributed by atoms with E-state index in [1.165, 1.54) is 5.56 Å². The van der Waals surface area contributed by atoms with E-state index in [1.807, 2.05) is 24.3 Å². The van der Waals surface area contributed by atoms with E-state index in [4.69, 9.17) is 0 Å². The summed E-state index contributed by atoms with van der Waals surface area (Å²) in [4.78, 5) is 11.6. The first-order valence-corrected chi connectivity index (χ1v) is 5.58. The highest BCUT2D eigenvalue weighted by atomic mass is 79.9. The van der Waals surface area contributed by atoms with Gasteiger partial charge in [0.15, 0.2) is 0 Å². The fraction of sp³-hybridized carbons (Fsp3) is 0.182. The molecule has 2 N–H and O–H groups in total. The molecule has 1 aromatic carbocycles. The number of hydrogen-bond donors (Lipinski definition) is 2. The van der Waals surface area contributed by atoms with Gasteiger partial charge in [-0.3, -0.25) is 4.79 Å². The van der Waals surface area contributed by atoms with Crippen LogP contribution in [0.2, 0.25) is 0 Å². The number of amides is 1. The van der Waals surface area contributed by atoms with Crippen LogP contribution < -0.4 is 10.6 Å². The van der Waals surface area contributed by atoms with Crippen LogP contribution in [0.15, 0.2) is 34.9 Å². The number of carbonyl (C=O) groups is 1. The smallest absolute Gasteiger partial charge is 0.247 e. The van der Waals surface area contributed by atoms with Gasteiger partial charge in [0.1, 0.15) is 6.04 Å². The monoisotopic (exact) mass is 264 g/mol. The average molecular weight is 265 g/mol. The normalized spacial score (nSPS) is 26.6. The third-order valence-electron chi connectivity index (χ3n) is 2.87. The topological polar surface area (TPSA) is 41.1 Å². The minimum absolute atomic E-state index is 0.0330. The number of anilines is 1. The predicted molar refractivity (Wildman–Crippen MR) is 61.6 cm³/mol. The van der Waals surface area contributed by atoms with Gasteiger partial charge in [0.25, 0.3) is 0 Å². The summed E-state index contributed by atoms with van der Waals surface area (Å²) in [5.41, 5.74) is 2.22. The SMILES string of the molecule is O=C1NC=CC2c3c(Br)cccc3NC12. The molecule has 3 nitrogen and oxygen atoms in total. The fourth-order valence-electron chi connectivity index (χ4n) is 2.19. The zero-order valence-corrected chi connectivity index (χ0v) is 9.41. The van der Waals surface area contributed by atoms with Crippen LogP contribution in [-0.4, -0.2) is 11.9 Å². The molecule has 2 atom stereocenters. The van der Waals surface area contributed by atoms with E-state index < -0.39 is 0 Å². The van der Waals surface area contributed by atoms with Gasteiger partial charge in [0, 0.05) is 22.3 Å². The van der Waals surface area contributed by atoms with Gasteiger partial charge in [-0.25, -0.2) is 0 Å². The largest absolute Gasteiger partial charge is 0.373 e. The van der Waals surface area contributed by atoms with Gasteiger partial charge in [0.2, 0.25) is 5.91 Å². The second kappa shape index (κ2) is 3.10. The Morgan fingerprint density at radius 1 is 1.33 bits per heavy atom. The number of benzene rings is 1. The van der Waals surface area contributed by atoms with Crippen LogP contribution in [0.3, 0.4) is 0 Å². The van der Waals surface area contributed by atoms with Crippen molar-refractivity contribution >= 4 is 27.5 Å². The standard InChI is InChI=1S/C11H9BrN2O/c12-7-2-1-3-8-9(7)6-4-5-13-11(15)10(6)14-8/h1-6,10,14H,(H,13,15). The molecular weight excluding hydrogens is 256 g/mol. The van der Waals surface area contributed by atoms with Crippen molar-refractivity contribution < 1.29 is 4.79 Å². The summed E-state index contributed by atoms with van der Waals surface area (Å²) >= 11 is 3.52. The van der Waals surface area contributed by atoms with Crippen LogP contribution >= 0.6 is 15.9 Å². The quantitative estimate of drug-likeness (QED) is 0.753. The molecular formula is C11H9BrN2O. The zero-order chi connectivity index (χ0) is 10.4. The van der Waals surface area contributed by atoms with Crippen molar-refractivity contribution in [1.82, 2.24) is 5.32 Å². The molecule has 0 aliphatic carbocycles. The van der Waals surface area contributed by atoms with Gasteiger partial charge in [-0.2, -0.15) is 0 Å². The molecule has 2 aliphatic heterocycles. The van der Waals surface area contributed by atoms with Crippen molar-refractivity contribution in [3.63, 3.8) is 0 Å². The molecule has 0 saturated carbocycles. The summed E-state index contributed by atoms with van der Waals surface area (Å²) < 4.78 is 1.05. The van der Waals surface area contributed by atoms with E-state index >= 15 is 0 Å². The van der Waals surface area contributed by atoms with Crippen molar-refractivity contribution in [2.75, 3.05) is 5.32 Å². The lowest BCUT2D eigenvalue weighted by molar-refractivity contribution is -0.121. The van der Waals surface area contributed by atoms with E-state index in [9.17, 15) is 4.79 Å². The Bertz CT molecular complexity index is 470. The highest BCUT2D eigenvalue weighted by Gasteiger charge is 2.38. The lowest BCUT2D eigenvalue weighted by Gasteiger charge is -2.20. The first kappa shape index (κ1) is 8.97. The first-order valence-electron chi connectivity index (χ1n) is 4.79. The Morgan fingerprint density at radius 2 is 2.20 bits per heavy atom. The van der Waals surface area contributed by atoms with E-state index in [2.05, 4.69) is 26.6 Å². The summed E-state index contributed by atoms with van der Waals surface area (Å²) in [7, 11) is 0. The molecule has 0 aromatic heterocycles. The van der Waals surface area contributed by atoms with Crippen LogP contribution in [0.1, 0.15) is 11.5 Å². The van der Waals surface area contributed by atoms with Gasteiger partial charge >= 0.3 is 0 Å². The molecule has 2 unspecified atom stereocenters. The van der Waals surface area contributed by atoms with E-state index in [-0.39, 0.29) is 17.9 Å². The van der Waals surface area contributed by atoms with Gasteiger partial charge in [-0.1, -0.05) is 28.1 Å². The number of rotatable bonds is 0. The summed E-state index contributed by atoms with van der Waals surface area (Å²) in [5.74, 6) is 0.176. The molecule has 3 rings (SSSR count). The number of hydrogen-bond acceptors (Lipinski definition) is 2. The summed E-state index contributed by atoms with van der Waals surface area (Å²) in [6.07, 6.45) is 3.75. The molecule has 0 fully saturated rings. The maximum absolute atomic E-state index is 11.6. The van der Waals surface area contributed by atoms with Crippen molar-refractivity contribution in [3.8, 4) is 0 Å². The Hall–Kier alpha value is -1.29. The van der Waals surface area contributed by atoms with Crippen molar-refractivity contribution in [2.24, 2.45) is 0 Å². The van der Waals surface area contributed by atoms with Crippen molar-refractivity contribution in [1.29, 1.82) is 0 Å². The lowest BCUT2D eigenvalue weighted by Crippen LogP contribution is -2.40. The second-order valence-electron chi connectivity index (χ2n) is 3.72. The Morgan fingerprint density at radius 3 is 3.07 bits per heavy atom. The molecule has 0 spiro atoms. The maximum Gasteiger partial charge on any atom is 0.247 e.